The number of hydrogen-bond donors (Lipinski definition) is 1. The first-order valence-electron chi connectivity index (χ1n) is 10.9. The van der Waals surface area contributed by atoms with E-state index in [1.54, 1.807) is 0 Å². The van der Waals surface area contributed by atoms with Gasteiger partial charge in [0.2, 0.25) is 0 Å². The number of ketones is 1. The third-order valence-corrected chi connectivity index (χ3v) is 6.56. The fourth-order valence-electron chi connectivity index (χ4n) is 5.00. The number of halogens is 2. The Morgan fingerprint density at radius 1 is 1.10 bits per heavy atom. The molecule has 2 atom stereocenters. The average molecular weight is 422 g/mol. The lowest BCUT2D eigenvalue weighted by atomic mass is 9.92. The van der Waals surface area contributed by atoms with Crippen molar-refractivity contribution in [3.05, 3.63) is 76.6 Å². The molecule has 0 spiro atoms. The standard InChI is InChI=1S/C25H24F2N2O2/c26-19-10-9-16(12-20(19)27)25-28-24(21-8-2-1-5-11-29(21)25)23(31)14-18-17-7-4-3-6-15(17)13-22(18)30/h3-4,6-7,9-10,12,18,22,30H,1-2,5,8,11,13-14H2/t18-,22-/m1/s1. The maximum absolute atomic E-state index is 13.9. The predicted molar refractivity (Wildman–Crippen MR) is 113 cm³/mol. The van der Waals surface area contributed by atoms with Gasteiger partial charge in [-0.2, -0.15) is 0 Å². The smallest absolute Gasteiger partial charge is 0.183 e. The number of aromatic nitrogens is 2. The molecule has 0 radical (unpaired) electrons. The lowest BCUT2D eigenvalue weighted by molar-refractivity contribution is 0.0915. The molecule has 0 saturated carbocycles. The summed E-state index contributed by atoms with van der Waals surface area (Å²) < 4.78 is 29.3. The Morgan fingerprint density at radius 2 is 1.94 bits per heavy atom. The van der Waals surface area contributed by atoms with E-state index in [0.29, 0.717) is 30.0 Å². The second kappa shape index (κ2) is 8.00. The van der Waals surface area contributed by atoms with Gasteiger partial charge in [-0.3, -0.25) is 4.79 Å². The van der Waals surface area contributed by atoms with Crippen molar-refractivity contribution < 1.29 is 18.7 Å². The molecule has 1 aromatic heterocycles. The summed E-state index contributed by atoms with van der Waals surface area (Å²) in [6.45, 7) is 0.693. The third kappa shape index (κ3) is 3.59. The lowest BCUT2D eigenvalue weighted by Crippen LogP contribution is -2.18. The summed E-state index contributed by atoms with van der Waals surface area (Å²) in [7, 11) is 0. The van der Waals surface area contributed by atoms with Gasteiger partial charge in [0.1, 0.15) is 11.5 Å². The Hall–Kier alpha value is -2.86. The summed E-state index contributed by atoms with van der Waals surface area (Å²) in [5.41, 5.74) is 3.84. The number of aliphatic hydroxyl groups excluding tert-OH is 1. The number of hydrogen-bond acceptors (Lipinski definition) is 3. The van der Waals surface area contributed by atoms with Gasteiger partial charge in [-0.05, 0) is 55.0 Å². The molecule has 0 unspecified atom stereocenters. The van der Waals surface area contributed by atoms with Crippen molar-refractivity contribution >= 4 is 5.78 Å². The van der Waals surface area contributed by atoms with E-state index in [2.05, 4.69) is 4.98 Å². The molecule has 3 aromatic rings. The van der Waals surface area contributed by atoms with Gasteiger partial charge in [0, 0.05) is 30.1 Å². The SMILES string of the molecule is O=C(C[C@@H]1c2ccccc2C[C@H]1O)c1nc(-c2ccc(F)c(F)c2)n2c1CCCCC2. The van der Waals surface area contributed by atoms with Crippen LogP contribution in [0.1, 0.15) is 58.9 Å². The zero-order valence-corrected chi connectivity index (χ0v) is 17.2. The Bertz CT molecular complexity index is 1150. The maximum atomic E-state index is 13.9. The highest BCUT2D eigenvalue weighted by atomic mass is 19.2. The highest BCUT2D eigenvalue weighted by Crippen LogP contribution is 2.37. The zero-order valence-electron chi connectivity index (χ0n) is 17.2. The van der Waals surface area contributed by atoms with Gasteiger partial charge in [-0.1, -0.05) is 30.7 Å². The molecule has 1 aliphatic carbocycles. The minimum Gasteiger partial charge on any atom is -0.392 e. The van der Waals surface area contributed by atoms with Gasteiger partial charge in [0.05, 0.1) is 6.10 Å². The van der Waals surface area contributed by atoms with E-state index in [9.17, 15) is 18.7 Å². The molecule has 1 N–H and O–H groups in total. The first-order valence-corrected chi connectivity index (χ1v) is 10.9. The van der Waals surface area contributed by atoms with Crippen LogP contribution in [0.15, 0.2) is 42.5 Å². The molecule has 5 rings (SSSR count). The zero-order chi connectivity index (χ0) is 21.5. The van der Waals surface area contributed by atoms with E-state index < -0.39 is 17.7 Å². The first-order chi connectivity index (χ1) is 15.0. The van der Waals surface area contributed by atoms with Crippen LogP contribution < -0.4 is 0 Å². The molecule has 4 nitrogen and oxygen atoms in total. The molecule has 2 heterocycles. The van der Waals surface area contributed by atoms with Crippen LogP contribution in [-0.4, -0.2) is 26.5 Å². The van der Waals surface area contributed by atoms with Gasteiger partial charge in [0.15, 0.2) is 17.4 Å². The van der Waals surface area contributed by atoms with Crippen LogP contribution in [0.5, 0.6) is 0 Å². The normalized spacial score (nSPS) is 20.2. The Morgan fingerprint density at radius 3 is 2.77 bits per heavy atom. The molecular formula is C25H24F2N2O2. The number of benzene rings is 2. The largest absolute Gasteiger partial charge is 0.392 e. The molecular weight excluding hydrogens is 398 g/mol. The van der Waals surface area contributed by atoms with Crippen molar-refractivity contribution in [2.75, 3.05) is 0 Å². The Balaban J connectivity index is 1.52. The molecule has 0 saturated heterocycles. The third-order valence-electron chi connectivity index (χ3n) is 6.56. The van der Waals surface area contributed by atoms with Crippen LogP contribution >= 0.6 is 0 Å². The minimum absolute atomic E-state index is 0.111. The van der Waals surface area contributed by atoms with Crippen molar-refractivity contribution in [2.24, 2.45) is 0 Å². The number of carbonyl (C=O) groups excluding carboxylic acids is 1. The summed E-state index contributed by atoms with van der Waals surface area (Å²) >= 11 is 0. The van der Waals surface area contributed by atoms with Crippen LogP contribution in [0.2, 0.25) is 0 Å². The van der Waals surface area contributed by atoms with E-state index in [4.69, 9.17) is 0 Å². The number of carbonyl (C=O) groups is 1. The van der Waals surface area contributed by atoms with Crippen molar-refractivity contribution in [3.8, 4) is 11.4 Å². The van der Waals surface area contributed by atoms with E-state index in [1.165, 1.54) is 6.07 Å². The van der Waals surface area contributed by atoms with Gasteiger partial charge in [-0.15, -0.1) is 0 Å². The molecule has 31 heavy (non-hydrogen) atoms. The molecule has 2 aromatic carbocycles. The second-order valence-corrected chi connectivity index (χ2v) is 8.53. The molecule has 1 aliphatic heterocycles. The summed E-state index contributed by atoms with van der Waals surface area (Å²) in [4.78, 5) is 18.0. The average Bonchev–Trinajstić information content (AvgIpc) is 3.16. The van der Waals surface area contributed by atoms with E-state index >= 15 is 0 Å². The van der Waals surface area contributed by atoms with Crippen LogP contribution in [0, 0.1) is 11.6 Å². The monoisotopic (exact) mass is 422 g/mol. The second-order valence-electron chi connectivity index (χ2n) is 8.53. The topological polar surface area (TPSA) is 55.1 Å². The first kappa shape index (κ1) is 20.1. The van der Waals surface area contributed by atoms with E-state index in [0.717, 1.165) is 54.6 Å². The Labute approximate surface area is 179 Å². The predicted octanol–water partition coefficient (Wildman–Crippen LogP) is 4.83. The van der Waals surface area contributed by atoms with Gasteiger partial charge < -0.3 is 9.67 Å². The van der Waals surface area contributed by atoms with E-state index in [-0.39, 0.29) is 18.1 Å². The molecule has 6 heteroatoms. The van der Waals surface area contributed by atoms with Crippen LogP contribution in [0.3, 0.4) is 0 Å². The highest BCUT2D eigenvalue weighted by molar-refractivity contribution is 5.96. The molecule has 0 amide bonds. The quantitative estimate of drug-likeness (QED) is 0.613. The Kier molecular flexibility index (Phi) is 5.18. The van der Waals surface area contributed by atoms with Crippen molar-refractivity contribution in [3.63, 3.8) is 0 Å². The lowest BCUT2D eigenvalue weighted by Gasteiger charge is -2.15. The molecule has 160 valence electrons. The minimum atomic E-state index is -0.929. The van der Waals surface area contributed by atoms with E-state index in [1.807, 2.05) is 28.8 Å². The van der Waals surface area contributed by atoms with Gasteiger partial charge in [0.25, 0.3) is 0 Å². The molecule has 2 aliphatic rings. The van der Waals surface area contributed by atoms with Crippen molar-refractivity contribution in [1.82, 2.24) is 9.55 Å². The van der Waals surface area contributed by atoms with Crippen molar-refractivity contribution in [1.29, 1.82) is 0 Å². The van der Waals surface area contributed by atoms with Crippen LogP contribution in [0.25, 0.3) is 11.4 Å². The molecule has 0 bridgehead atoms. The fraction of sp³-hybridized carbons (Fsp3) is 0.360. The van der Waals surface area contributed by atoms with Gasteiger partial charge in [-0.25, -0.2) is 13.8 Å². The number of nitrogens with zero attached hydrogens (tertiary/aromatic N) is 2. The number of fused-ring (bicyclic) bond motifs is 2. The maximum Gasteiger partial charge on any atom is 0.183 e. The van der Waals surface area contributed by atoms with Crippen LogP contribution in [0.4, 0.5) is 8.78 Å². The molecule has 0 fully saturated rings. The number of aliphatic hydroxyl groups is 1. The van der Waals surface area contributed by atoms with Crippen molar-refractivity contribution in [2.45, 2.75) is 57.1 Å². The van der Waals surface area contributed by atoms with Gasteiger partial charge >= 0.3 is 0 Å². The summed E-state index contributed by atoms with van der Waals surface area (Å²) in [5.74, 6) is -1.69. The van der Waals surface area contributed by atoms with Crippen LogP contribution in [-0.2, 0) is 19.4 Å². The highest BCUT2D eigenvalue weighted by Gasteiger charge is 2.34. The fourth-order valence-corrected chi connectivity index (χ4v) is 5.00. The summed E-state index contributed by atoms with van der Waals surface area (Å²) in [6.07, 6.45) is 3.81. The number of Topliss-reactive ketones (excluding diaryl/α,β-unsaturated/α-hetero) is 1. The summed E-state index contributed by atoms with van der Waals surface area (Å²) in [6, 6.07) is 11.6. The number of imidazole rings is 1. The summed E-state index contributed by atoms with van der Waals surface area (Å²) in [5, 5.41) is 10.6. The number of rotatable bonds is 4.